The predicted molar refractivity (Wildman–Crippen MR) is 61.2 cm³/mol. The Balaban J connectivity index is 1.67. The Bertz CT molecular complexity index is 274. The van der Waals surface area contributed by atoms with E-state index in [9.17, 15) is 4.79 Å². The lowest BCUT2D eigenvalue weighted by Gasteiger charge is -2.47. The van der Waals surface area contributed by atoms with E-state index >= 15 is 0 Å². The van der Waals surface area contributed by atoms with Gasteiger partial charge in [0.15, 0.2) is 0 Å². The molecule has 3 fully saturated rings. The molecule has 0 saturated carbocycles. The molecule has 3 heterocycles. The number of Topliss-reactive ketones (excluding diaryl/α,β-unsaturated/α-hetero) is 1. The summed E-state index contributed by atoms with van der Waals surface area (Å²) >= 11 is 0. The number of rotatable bonds is 2. The van der Waals surface area contributed by atoms with Crippen molar-refractivity contribution in [1.82, 2.24) is 4.90 Å². The Morgan fingerprint density at radius 2 is 1.75 bits per heavy atom. The van der Waals surface area contributed by atoms with Gasteiger partial charge in [0.1, 0.15) is 5.78 Å². The van der Waals surface area contributed by atoms with E-state index < -0.39 is 0 Å². The van der Waals surface area contributed by atoms with Crippen LogP contribution in [-0.2, 0) is 9.53 Å². The minimum atomic E-state index is 0.231. The highest BCUT2D eigenvalue weighted by Gasteiger charge is 2.41. The lowest BCUT2D eigenvalue weighted by atomic mass is 9.74. The Labute approximate surface area is 97.1 Å². The average Bonchev–Trinajstić information content (AvgIpc) is 2.13. The number of ether oxygens (including phenoxy) is 1. The Morgan fingerprint density at radius 3 is 2.25 bits per heavy atom. The van der Waals surface area contributed by atoms with Gasteiger partial charge >= 0.3 is 0 Å². The molecule has 2 atom stereocenters. The molecule has 3 nitrogen and oxygen atoms in total. The first-order chi connectivity index (χ1) is 7.75. The Morgan fingerprint density at radius 1 is 1.12 bits per heavy atom. The molecule has 2 unspecified atom stereocenters. The molecular weight excluding hydrogens is 202 g/mol. The molecule has 3 heteroatoms. The summed E-state index contributed by atoms with van der Waals surface area (Å²) in [5, 5.41) is 0. The van der Waals surface area contributed by atoms with Crippen LogP contribution in [0.5, 0.6) is 0 Å². The van der Waals surface area contributed by atoms with Gasteiger partial charge in [-0.3, -0.25) is 4.79 Å². The summed E-state index contributed by atoms with van der Waals surface area (Å²) in [4.78, 5) is 14.7. The molecule has 0 N–H and O–H groups in total. The minimum absolute atomic E-state index is 0.231. The monoisotopic (exact) mass is 223 g/mol. The van der Waals surface area contributed by atoms with Crippen LogP contribution in [0, 0.1) is 11.8 Å². The topological polar surface area (TPSA) is 29.5 Å². The average molecular weight is 223 g/mol. The van der Waals surface area contributed by atoms with E-state index in [1.165, 1.54) is 19.3 Å². The maximum Gasteiger partial charge on any atom is 0.143 e. The van der Waals surface area contributed by atoms with Crippen LogP contribution in [0.15, 0.2) is 0 Å². The van der Waals surface area contributed by atoms with Crippen molar-refractivity contribution in [3.63, 3.8) is 0 Å². The number of nitrogens with zero attached hydrogens (tertiary/aromatic N) is 1. The highest BCUT2D eigenvalue weighted by molar-refractivity contribution is 5.84. The molecule has 3 rings (SSSR count). The molecule has 0 radical (unpaired) electrons. The van der Waals surface area contributed by atoms with Gasteiger partial charge in [-0.05, 0) is 32.7 Å². The molecule has 0 amide bonds. The van der Waals surface area contributed by atoms with Crippen LogP contribution in [0.4, 0.5) is 0 Å². The summed E-state index contributed by atoms with van der Waals surface area (Å²) in [7, 11) is 2.24. The first-order valence-corrected chi connectivity index (χ1v) is 6.59. The van der Waals surface area contributed by atoms with E-state index in [1.54, 1.807) is 0 Å². The minimum Gasteiger partial charge on any atom is -0.380 e. The highest BCUT2D eigenvalue weighted by atomic mass is 16.5. The summed E-state index contributed by atoms with van der Waals surface area (Å²) in [6.45, 7) is 1.36. The van der Waals surface area contributed by atoms with Gasteiger partial charge in [-0.25, -0.2) is 0 Å². The molecule has 3 saturated heterocycles. The van der Waals surface area contributed by atoms with Crippen LogP contribution < -0.4 is 0 Å². The molecule has 0 aromatic heterocycles. The molecule has 0 aromatic rings. The van der Waals surface area contributed by atoms with Crippen molar-refractivity contribution >= 4 is 5.78 Å². The third-order valence-corrected chi connectivity index (χ3v) is 4.78. The fourth-order valence-electron chi connectivity index (χ4n) is 3.58. The van der Waals surface area contributed by atoms with E-state index in [4.69, 9.17) is 4.74 Å². The smallest absolute Gasteiger partial charge is 0.143 e. The maximum absolute atomic E-state index is 12.2. The SMILES string of the molecule is CN1C2CCCC1CC(C(=O)C1COC1)C2. The van der Waals surface area contributed by atoms with Crippen molar-refractivity contribution in [2.24, 2.45) is 11.8 Å². The molecule has 3 aliphatic heterocycles. The van der Waals surface area contributed by atoms with Crippen molar-refractivity contribution in [3.05, 3.63) is 0 Å². The zero-order valence-electron chi connectivity index (χ0n) is 10.0. The quantitative estimate of drug-likeness (QED) is 0.710. The van der Waals surface area contributed by atoms with Crippen molar-refractivity contribution in [1.29, 1.82) is 0 Å². The van der Waals surface area contributed by atoms with Crippen LogP contribution >= 0.6 is 0 Å². The van der Waals surface area contributed by atoms with E-state index in [0.717, 1.165) is 12.8 Å². The second-order valence-electron chi connectivity index (χ2n) is 5.71. The van der Waals surface area contributed by atoms with Gasteiger partial charge in [0.25, 0.3) is 0 Å². The molecule has 0 aliphatic carbocycles. The van der Waals surface area contributed by atoms with Crippen LogP contribution in [-0.4, -0.2) is 43.0 Å². The number of ketones is 1. The molecule has 3 aliphatic rings. The van der Waals surface area contributed by atoms with Crippen molar-refractivity contribution in [2.45, 2.75) is 44.2 Å². The zero-order chi connectivity index (χ0) is 11.1. The second-order valence-corrected chi connectivity index (χ2v) is 5.71. The number of carbonyl (C=O) groups excluding carboxylic acids is 1. The molecular formula is C13H21NO2. The van der Waals surface area contributed by atoms with Crippen LogP contribution in [0.2, 0.25) is 0 Å². The van der Waals surface area contributed by atoms with Crippen molar-refractivity contribution < 1.29 is 9.53 Å². The van der Waals surface area contributed by atoms with Gasteiger partial charge in [-0.2, -0.15) is 0 Å². The third kappa shape index (κ3) is 1.70. The molecule has 0 spiro atoms. The van der Waals surface area contributed by atoms with Gasteiger partial charge in [0, 0.05) is 18.0 Å². The molecule has 16 heavy (non-hydrogen) atoms. The van der Waals surface area contributed by atoms with Gasteiger partial charge in [0.2, 0.25) is 0 Å². The maximum atomic E-state index is 12.2. The largest absolute Gasteiger partial charge is 0.380 e. The van der Waals surface area contributed by atoms with Gasteiger partial charge in [-0.15, -0.1) is 0 Å². The molecule has 0 aromatic carbocycles. The lowest BCUT2D eigenvalue weighted by Crippen LogP contribution is -2.52. The van der Waals surface area contributed by atoms with E-state index in [-0.39, 0.29) is 5.92 Å². The standard InChI is InChI=1S/C13H21NO2/c1-14-11-3-2-4-12(14)6-9(5-11)13(15)10-7-16-8-10/h9-12H,2-8H2,1H3. The third-order valence-electron chi connectivity index (χ3n) is 4.78. The molecule has 90 valence electrons. The molecule has 2 bridgehead atoms. The van der Waals surface area contributed by atoms with Crippen molar-refractivity contribution in [2.75, 3.05) is 20.3 Å². The number of hydrogen-bond donors (Lipinski definition) is 0. The number of fused-ring (bicyclic) bond motifs is 2. The highest BCUT2D eigenvalue weighted by Crippen LogP contribution is 2.37. The summed E-state index contributed by atoms with van der Waals surface area (Å²) in [5.74, 6) is 1.06. The summed E-state index contributed by atoms with van der Waals surface area (Å²) < 4.78 is 5.13. The number of piperidine rings is 2. The van der Waals surface area contributed by atoms with Crippen LogP contribution in [0.1, 0.15) is 32.1 Å². The van der Waals surface area contributed by atoms with Crippen LogP contribution in [0.3, 0.4) is 0 Å². The van der Waals surface area contributed by atoms with Gasteiger partial charge in [-0.1, -0.05) is 6.42 Å². The summed E-state index contributed by atoms with van der Waals surface area (Å²) in [6, 6.07) is 1.34. The fraction of sp³-hybridized carbons (Fsp3) is 0.923. The van der Waals surface area contributed by atoms with Gasteiger partial charge < -0.3 is 9.64 Å². The first kappa shape index (κ1) is 10.7. The number of hydrogen-bond acceptors (Lipinski definition) is 3. The van der Waals surface area contributed by atoms with E-state index in [1.807, 2.05) is 0 Å². The second kappa shape index (κ2) is 4.11. The fourth-order valence-corrected chi connectivity index (χ4v) is 3.58. The van der Waals surface area contributed by atoms with Crippen molar-refractivity contribution in [3.8, 4) is 0 Å². The first-order valence-electron chi connectivity index (χ1n) is 6.59. The van der Waals surface area contributed by atoms with E-state index in [2.05, 4.69) is 11.9 Å². The number of carbonyl (C=O) groups is 1. The lowest BCUT2D eigenvalue weighted by molar-refractivity contribution is -0.144. The van der Waals surface area contributed by atoms with Crippen LogP contribution in [0.25, 0.3) is 0 Å². The Hall–Kier alpha value is -0.410. The predicted octanol–water partition coefficient (Wildman–Crippen LogP) is 1.46. The Kier molecular flexibility index (Phi) is 2.76. The van der Waals surface area contributed by atoms with Gasteiger partial charge in [0.05, 0.1) is 19.1 Å². The summed E-state index contributed by atoms with van der Waals surface area (Å²) in [6.07, 6.45) is 6.13. The van der Waals surface area contributed by atoms with E-state index in [0.29, 0.717) is 37.0 Å². The summed E-state index contributed by atoms with van der Waals surface area (Å²) in [5.41, 5.74) is 0. The normalized spacial score (nSPS) is 40.4. The zero-order valence-corrected chi connectivity index (χ0v) is 10.0.